The highest BCUT2D eigenvalue weighted by atomic mass is 32.1. The number of phenols is 1. The lowest BCUT2D eigenvalue weighted by molar-refractivity contribution is 0.0933. The third kappa shape index (κ3) is 3.46. The quantitative estimate of drug-likeness (QED) is 0.706. The fourth-order valence-electron chi connectivity index (χ4n) is 3.69. The van der Waals surface area contributed by atoms with E-state index in [1.54, 1.807) is 30.0 Å². The van der Waals surface area contributed by atoms with Gasteiger partial charge in [0.15, 0.2) is 11.5 Å². The molecule has 3 heterocycles. The van der Waals surface area contributed by atoms with Gasteiger partial charge in [0.25, 0.3) is 5.91 Å². The van der Waals surface area contributed by atoms with E-state index in [-0.39, 0.29) is 17.7 Å². The van der Waals surface area contributed by atoms with Crippen molar-refractivity contribution in [1.82, 2.24) is 10.2 Å². The van der Waals surface area contributed by atoms with Gasteiger partial charge in [-0.2, -0.15) is 0 Å². The van der Waals surface area contributed by atoms with Crippen LogP contribution < -0.4 is 15.4 Å². The molecule has 3 N–H and O–H groups in total. The first-order valence-corrected chi connectivity index (χ1v) is 10.4. The molecular weight excluding hydrogens is 394 g/mol. The molecule has 2 aliphatic heterocycles. The Morgan fingerprint density at radius 1 is 1.31 bits per heavy atom. The number of ether oxygens (including phenoxy) is 2. The van der Waals surface area contributed by atoms with Crippen LogP contribution in [0.4, 0.5) is 9.80 Å². The molecule has 0 unspecified atom stereocenters. The molecule has 1 aromatic heterocycles. The first-order chi connectivity index (χ1) is 14.0. The molecule has 29 heavy (non-hydrogen) atoms. The number of nitrogens with zero attached hydrogens (tertiary/aromatic N) is 1. The van der Waals surface area contributed by atoms with Crippen LogP contribution in [-0.2, 0) is 17.7 Å². The van der Waals surface area contributed by atoms with Gasteiger partial charge in [-0.3, -0.25) is 4.79 Å². The molecule has 154 valence electrons. The second kappa shape index (κ2) is 7.82. The molecule has 2 amide bonds. The number of para-hydroxylation sites is 1. The molecule has 0 saturated carbocycles. The first kappa shape index (κ1) is 19.4. The minimum Gasteiger partial charge on any atom is -0.504 e. The van der Waals surface area contributed by atoms with Crippen molar-refractivity contribution in [3.8, 4) is 11.5 Å². The van der Waals surface area contributed by atoms with Crippen molar-refractivity contribution in [3.05, 3.63) is 39.8 Å². The summed E-state index contributed by atoms with van der Waals surface area (Å²) in [6.07, 6.45) is -0.306. The number of hydrogen-bond donors (Lipinski definition) is 3. The molecule has 1 atom stereocenters. The van der Waals surface area contributed by atoms with Gasteiger partial charge in [-0.05, 0) is 31.9 Å². The molecule has 8 nitrogen and oxygen atoms in total. The van der Waals surface area contributed by atoms with Gasteiger partial charge >= 0.3 is 6.09 Å². The minimum absolute atomic E-state index is 0.00501. The predicted octanol–water partition coefficient (Wildman–Crippen LogP) is 3.22. The SMILES string of the molecule is CCOC(=O)N1CCc2c(sc3c2C(=O)N[C@@H](c2cccc(OCC)c2O)N3)C1. The smallest absolute Gasteiger partial charge is 0.410 e. The summed E-state index contributed by atoms with van der Waals surface area (Å²) in [5.41, 5.74) is 2.14. The van der Waals surface area contributed by atoms with Crippen LogP contribution in [0.3, 0.4) is 0 Å². The summed E-state index contributed by atoms with van der Waals surface area (Å²) in [6.45, 7) is 5.33. The first-order valence-electron chi connectivity index (χ1n) is 9.61. The largest absolute Gasteiger partial charge is 0.504 e. The Morgan fingerprint density at radius 2 is 2.14 bits per heavy atom. The topological polar surface area (TPSA) is 100 Å². The summed E-state index contributed by atoms with van der Waals surface area (Å²) < 4.78 is 10.5. The molecule has 0 aliphatic carbocycles. The number of rotatable bonds is 4. The third-order valence-corrected chi connectivity index (χ3v) is 6.15. The number of carbonyl (C=O) groups excluding carboxylic acids is 2. The van der Waals surface area contributed by atoms with Gasteiger partial charge < -0.3 is 30.1 Å². The fraction of sp³-hybridized carbons (Fsp3) is 0.400. The van der Waals surface area contributed by atoms with Crippen molar-refractivity contribution < 1.29 is 24.2 Å². The summed E-state index contributed by atoms with van der Waals surface area (Å²) in [7, 11) is 0. The predicted molar refractivity (Wildman–Crippen MR) is 109 cm³/mol. The molecule has 4 rings (SSSR count). The number of aromatic hydroxyl groups is 1. The van der Waals surface area contributed by atoms with E-state index in [2.05, 4.69) is 10.6 Å². The molecular formula is C20H23N3O5S. The lowest BCUT2D eigenvalue weighted by Gasteiger charge is -2.28. The van der Waals surface area contributed by atoms with Gasteiger partial charge in [0.05, 0.1) is 25.3 Å². The fourth-order valence-corrected chi connectivity index (χ4v) is 4.97. The Kier molecular flexibility index (Phi) is 5.23. The summed E-state index contributed by atoms with van der Waals surface area (Å²) in [6, 6.07) is 5.21. The molecule has 0 fully saturated rings. The van der Waals surface area contributed by atoms with Gasteiger partial charge in [-0.15, -0.1) is 11.3 Å². The van der Waals surface area contributed by atoms with E-state index in [9.17, 15) is 14.7 Å². The zero-order valence-corrected chi connectivity index (χ0v) is 17.1. The van der Waals surface area contributed by atoms with Gasteiger partial charge in [0, 0.05) is 17.0 Å². The Balaban J connectivity index is 1.61. The van der Waals surface area contributed by atoms with Crippen molar-refractivity contribution in [2.75, 3.05) is 25.1 Å². The van der Waals surface area contributed by atoms with Crippen molar-refractivity contribution in [2.45, 2.75) is 33.0 Å². The van der Waals surface area contributed by atoms with Crippen LogP contribution in [0, 0.1) is 0 Å². The van der Waals surface area contributed by atoms with Crippen LogP contribution in [0.5, 0.6) is 11.5 Å². The Hall–Kier alpha value is -2.94. The van der Waals surface area contributed by atoms with Crippen LogP contribution in [-0.4, -0.2) is 41.8 Å². The zero-order chi connectivity index (χ0) is 20.5. The maximum absolute atomic E-state index is 12.9. The summed E-state index contributed by atoms with van der Waals surface area (Å²) in [5, 5.41) is 17.5. The van der Waals surface area contributed by atoms with E-state index in [1.165, 1.54) is 11.3 Å². The average molecular weight is 417 g/mol. The van der Waals surface area contributed by atoms with Gasteiger partial charge in [0.2, 0.25) is 0 Å². The minimum atomic E-state index is -0.573. The van der Waals surface area contributed by atoms with Crippen molar-refractivity contribution >= 4 is 28.3 Å². The Bertz CT molecular complexity index is 958. The summed E-state index contributed by atoms with van der Waals surface area (Å²) in [4.78, 5) is 27.6. The molecule has 0 saturated heterocycles. The second-order valence-electron chi connectivity index (χ2n) is 6.76. The second-order valence-corrected chi connectivity index (χ2v) is 7.86. The van der Waals surface area contributed by atoms with Crippen molar-refractivity contribution in [3.63, 3.8) is 0 Å². The number of hydrogen-bond acceptors (Lipinski definition) is 7. The normalized spacial score (nSPS) is 17.7. The third-order valence-electron chi connectivity index (χ3n) is 5.00. The average Bonchev–Trinajstić information content (AvgIpc) is 3.08. The summed E-state index contributed by atoms with van der Waals surface area (Å²) >= 11 is 1.47. The molecule has 0 bridgehead atoms. The van der Waals surface area contributed by atoms with Crippen molar-refractivity contribution in [1.29, 1.82) is 0 Å². The van der Waals surface area contributed by atoms with Gasteiger partial charge in [-0.1, -0.05) is 12.1 Å². The molecule has 0 spiro atoms. The molecule has 1 aromatic carbocycles. The number of fused-ring (bicyclic) bond motifs is 3. The maximum Gasteiger partial charge on any atom is 0.410 e. The van der Waals surface area contributed by atoms with Crippen LogP contribution in [0.1, 0.15) is 46.4 Å². The Morgan fingerprint density at radius 3 is 2.90 bits per heavy atom. The van der Waals surface area contributed by atoms with Gasteiger partial charge in [-0.25, -0.2) is 4.79 Å². The maximum atomic E-state index is 12.9. The van der Waals surface area contributed by atoms with Crippen LogP contribution in [0.25, 0.3) is 0 Å². The molecule has 2 aromatic rings. The number of nitrogens with one attached hydrogen (secondary N) is 2. The zero-order valence-electron chi connectivity index (χ0n) is 16.3. The van der Waals surface area contributed by atoms with Crippen LogP contribution in [0.2, 0.25) is 0 Å². The molecule has 2 aliphatic rings. The molecule has 9 heteroatoms. The highest BCUT2D eigenvalue weighted by Crippen LogP contribution is 2.42. The number of phenolic OH excluding ortho intramolecular Hbond substituents is 1. The van der Waals surface area contributed by atoms with E-state index in [0.29, 0.717) is 49.6 Å². The van der Waals surface area contributed by atoms with Crippen LogP contribution >= 0.6 is 11.3 Å². The molecule has 0 radical (unpaired) electrons. The highest BCUT2D eigenvalue weighted by molar-refractivity contribution is 7.16. The van der Waals surface area contributed by atoms with Crippen molar-refractivity contribution in [2.24, 2.45) is 0 Å². The standard InChI is InChI=1S/C20H23N3O5S/c1-3-27-13-7-5-6-12(16(13)24)17-21-18(25)15-11-8-9-23(20(26)28-4-2)10-14(11)29-19(15)22-17/h5-7,17,22,24H,3-4,8-10H2,1-2H3,(H,21,25)/t17-/m1/s1. The monoisotopic (exact) mass is 417 g/mol. The lowest BCUT2D eigenvalue weighted by atomic mass is 10.0. The Labute approximate surface area is 172 Å². The van der Waals surface area contributed by atoms with Gasteiger partial charge in [0.1, 0.15) is 11.2 Å². The number of thiophene rings is 1. The van der Waals surface area contributed by atoms with E-state index in [0.717, 1.165) is 15.4 Å². The summed E-state index contributed by atoms with van der Waals surface area (Å²) in [5.74, 6) is 0.194. The number of carbonyl (C=O) groups is 2. The number of amides is 2. The highest BCUT2D eigenvalue weighted by Gasteiger charge is 2.35. The lowest BCUT2D eigenvalue weighted by Crippen LogP contribution is -2.39. The van der Waals surface area contributed by atoms with E-state index < -0.39 is 6.17 Å². The van der Waals surface area contributed by atoms with E-state index >= 15 is 0 Å². The number of anilines is 1. The number of benzene rings is 1. The van der Waals surface area contributed by atoms with Crippen LogP contribution in [0.15, 0.2) is 18.2 Å². The van der Waals surface area contributed by atoms with E-state index in [4.69, 9.17) is 9.47 Å². The van der Waals surface area contributed by atoms with E-state index in [1.807, 2.05) is 6.92 Å².